The molecule has 1 fully saturated rings. The first kappa shape index (κ1) is 15.7. The van der Waals surface area contributed by atoms with Crippen molar-refractivity contribution in [2.45, 2.75) is 51.7 Å². The van der Waals surface area contributed by atoms with Crippen LogP contribution in [0.15, 0.2) is 22.7 Å². The highest BCUT2D eigenvalue weighted by molar-refractivity contribution is 9.10. The minimum atomic E-state index is -4.33. The molecule has 0 saturated heterocycles. The lowest BCUT2D eigenvalue weighted by Gasteiger charge is -2.40. The second-order valence-electron chi connectivity index (χ2n) is 6.12. The monoisotopic (exact) mass is 349 g/mol. The van der Waals surface area contributed by atoms with E-state index in [2.05, 4.69) is 35.1 Å². The second-order valence-corrected chi connectivity index (χ2v) is 7.03. The Morgan fingerprint density at radius 2 is 1.95 bits per heavy atom. The van der Waals surface area contributed by atoms with Crippen LogP contribution < -0.4 is 5.32 Å². The Labute approximate surface area is 126 Å². The van der Waals surface area contributed by atoms with E-state index >= 15 is 0 Å². The molecule has 0 heterocycles. The van der Waals surface area contributed by atoms with Crippen LogP contribution in [-0.4, -0.2) is 6.04 Å². The van der Waals surface area contributed by atoms with Crippen molar-refractivity contribution in [2.75, 3.05) is 5.32 Å². The van der Waals surface area contributed by atoms with E-state index in [4.69, 9.17) is 0 Å². The molecule has 0 amide bonds. The van der Waals surface area contributed by atoms with Gasteiger partial charge < -0.3 is 5.32 Å². The molecule has 1 N–H and O–H groups in total. The van der Waals surface area contributed by atoms with E-state index in [1.807, 2.05) is 0 Å². The Morgan fingerprint density at radius 3 is 2.55 bits per heavy atom. The van der Waals surface area contributed by atoms with E-state index in [1.54, 1.807) is 0 Å². The lowest BCUT2D eigenvalue weighted by molar-refractivity contribution is -0.137. The maximum absolute atomic E-state index is 13.1. The van der Waals surface area contributed by atoms with Crippen molar-refractivity contribution in [1.82, 2.24) is 0 Å². The third-order valence-corrected chi connectivity index (χ3v) is 4.62. The van der Waals surface area contributed by atoms with Crippen LogP contribution >= 0.6 is 15.9 Å². The molecule has 1 aliphatic rings. The number of anilines is 1. The van der Waals surface area contributed by atoms with Crippen molar-refractivity contribution >= 4 is 21.6 Å². The Hall–Kier alpha value is -0.710. The Morgan fingerprint density at radius 1 is 1.25 bits per heavy atom. The zero-order chi connectivity index (χ0) is 15.0. The van der Waals surface area contributed by atoms with E-state index in [0.717, 1.165) is 31.7 Å². The first-order valence-electron chi connectivity index (χ1n) is 6.83. The molecular formula is C15H19BrF3N. The SMILES string of the molecule is CC1(C)CCCCC1Nc1cc(Br)ccc1C(F)(F)F. The number of rotatable bonds is 2. The average Bonchev–Trinajstić information content (AvgIpc) is 2.30. The summed E-state index contributed by atoms with van der Waals surface area (Å²) in [5.74, 6) is 0. The Bertz CT molecular complexity index is 482. The van der Waals surface area contributed by atoms with Crippen LogP contribution in [0.4, 0.5) is 18.9 Å². The van der Waals surface area contributed by atoms with Crippen molar-refractivity contribution in [3.8, 4) is 0 Å². The number of alkyl halides is 3. The predicted octanol–water partition coefficient (Wildman–Crippen LogP) is 5.85. The Balaban J connectivity index is 2.30. The quantitative estimate of drug-likeness (QED) is 0.706. The molecule has 112 valence electrons. The number of benzene rings is 1. The van der Waals surface area contributed by atoms with Gasteiger partial charge in [-0.05, 0) is 36.5 Å². The highest BCUT2D eigenvalue weighted by atomic mass is 79.9. The van der Waals surface area contributed by atoms with Gasteiger partial charge in [0.1, 0.15) is 0 Å². The summed E-state index contributed by atoms with van der Waals surface area (Å²) in [6.45, 7) is 4.24. The Kier molecular flexibility index (Phi) is 4.38. The van der Waals surface area contributed by atoms with Crippen LogP contribution in [0.3, 0.4) is 0 Å². The molecule has 0 radical (unpaired) electrons. The fourth-order valence-electron chi connectivity index (χ4n) is 2.83. The second kappa shape index (κ2) is 5.58. The molecule has 1 aromatic carbocycles. The average molecular weight is 350 g/mol. The van der Waals surface area contributed by atoms with E-state index in [-0.39, 0.29) is 17.1 Å². The fraction of sp³-hybridized carbons (Fsp3) is 0.600. The van der Waals surface area contributed by atoms with Gasteiger partial charge in [-0.3, -0.25) is 0 Å². The summed E-state index contributed by atoms with van der Waals surface area (Å²) in [6, 6.07) is 4.15. The summed E-state index contributed by atoms with van der Waals surface area (Å²) in [7, 11) is 0. The number of halogens is 4. The first-order valence-corrected chi connectivity index (χ1v) is 7.63. The molecule has 0 bridgehead atoms. The highest BCUT2D eigenvalue weighted by Gasteiger charge is 2.37. The third kappa shape index (κ3) is 3.48. The summed E-state index contributed by atoms with van der Waals surface area (Å²) in [5.41, 5.74) is -0.405. The summed E-state index contributed by atoms with van der Waals surface area (Å²) in [4.78, 5) is 0. The molecular weight excluding hydrogens is 331 g/mol. The molecule has 1 aliphatic carbocycles. The van der Waals surface area contributed by atoms with Gasteiger partial charge in [0.25, 0.3) is 0 Å². The topological polar surface area (TPSA) is 12.0 Å². The van der Waals surface area contributed by atoms with Gasteiger partial charge in [-0.2, -0.15) is 13.2 Å². The molecule has 0 aliphatic heterocycles. The molecule has 1 aromatic rings. The standard InChI is InChI=1S/C15H19BrF3N/c1-14(2)8-4-3-5-13(14)20-12-9-10(16)6-7-11(12)15(17,18)19/h6-7,9,13,20H,3-5,8H2,1-2H3. The molecule has 20 heavy (non-hydrogen) atoms. The van der Waals surface area contributed by atoms with Gasteiger partial charge in [0.05, 0.1) is 5.56 Å². The largest absolute Gasteiger partial charge is 0.418 e. The van der Waals surface area contributed by atoms with E-state index in [1.165, 1.54) is 12.1 Å². The predicted molar refractivity (Wildman–Crippen MR) is 78.8 cm³/mol. The zero-order valence-electron chi connectivity index (χ0n) is 11.6. The van der Waals surface area contributed by atoms with Crippen LogP contribution in [-0.2, 0) is 6.18 Å². The van der Waals surface area contributed by atoms with E-state index in [0.29, 0.717) is 4.47 Å². The van der Waals surface area contributed by atoms with E-state index in [9.17, 15) is 13.2 Å². The highest BCUT2D eigenvalue weighted by Crippen LogP contribution is 2.41. The molecule has 5 heteroatoms. The molecule has 1 saturated carbocycles. The van der Waals surface area contributed by atoms with Crippen LogP contribution in [0.2, 0.25) is 0 Å². The van der Waals surface area contributed by atoms with Gasteiger partial charge in [0.2, 0.25) is 0 Å². The van der Waals surface area contributed by atoms with E-state index < -0.39 is 11.7 Å². The normalized spacial score (nSPS) is 22.6. The zero-order valence-corrected chi connectivity index (χ0v) is 13.2. The maximum atomic E-state index is 13.1. The van der Waals surface area contributed by atoms with Crippen molar-refractivity contribution in [3.63, 3.8) is 0 Å². The van der Waals surface area contributed by atoms with Crippen molar-refractivity contribution < 1.29 is 13.2 Å². The van der Waals surface area contributed by atoms with Crippen LogP contribution in [0, 0.1) is 5.41 Å². The van der Waals surface area contributed by atoms with Gasteiger partial charge in [0, 0.05) is 16.2 Å². The minimum Gasteiger partial charge on any atom is -0.381 e. The summed E-state index contributed by atoms with van der Waals surface area (Å²) in [6.07, 6.45) is -0.162. The first-order chi connectivity index (χ1) is 9.20. The van der Waals surface area contributed by atoms with Crippen molar-refractivity contribution in [3.05, 3.63) is 28.2 Å². The van der Waals surface area contributed by atoms with Crippen LogP contribution in [0.25, 0.3) is 0 Å². The molecule has 2 rings (SSSR count). The minimum absolute atomic E-state index is 0.0173. The summed E-state index contributed by atoms with van der Waals surface area (Å²) in [5, 5.41) is 3.14. The van der Waals surface area contributed by atoms with Crippen molar-refractivity contribution in [2.24, 2.45) is 5.41 Å². The lowest BCUT2D eigenvalue weighted by Crippen LogP contribution is -2.39. The summed E-state index contributed by atoms with van der Waals surface area (Å²) >= 11 is 3.25. The smallest absolute Gasteiger partial charge is 0.381 e. The van der Waals surface area contributed by atoms with Crippen LogP contribution in [0.1, 0.15) is 45.1 Å². The van der Waals surface area contributed by atoms with Gasteiger partial charge >= 0.3 is 6.18 Å². The van der Waals surface area contributed by atoms with Gasteiger partial charge in [-0.25, -0.2) is 0 Å². The van der Waals surface area contributed by atoms with Gasteiger partial charge in [-0.15, -0.1) is 0 Å². The molecule has 1 atom stereocenters. The molecule has 0 aromatic heterocycles. The lowest BCUT2D eigenvalue weighted by atomic mass is 9.73. The van der Waals surface area contributed by atoms with Crippen LogP contribution in [0.5, 0.6) is 0 Å². The molecule has 1 unspecified atom stereocenters. The number of hydrogen-bond donors (Lipinski definition) is 1. The summed E-state index contributed by atoms with van der Waals surface area (Å²) < 4.78 is 39.9. The third-order valence-electron chi connectivity index (χ3n) is 4.12. The van der Waals surface area contributed by atoms with Gasteiger partial charge in [0.15, 0.2) is 0 Å². The number of hydrogen-bond acceptors (Lipinski definition) is 1. The van der Waals surface area contributed by atoms with Gasteiger partial charge in [-0.1, -0.05) is 42.6 Å². The maximum Gasteiger partial charge on any atom is 0.418 e. The molecule has 1 nitrogen and oxygen atoms in total. The van der Waals surface area contributed by atoms with Crippen molar-refractivity contribution in [1.29, 1.82) is 0 Å². The fourth-order valence-corrected chi connectivity index (χ4v) is 3.19. The molecule has 0 spiro atoms. The number of nitrogens with one attached hydrogen (secondary N) is 1.